The first-order valence-electron chi connectivity index (χ1n) is 10.2. The van der Waals surface area contributed by atoms with Crippen molar-refractivity contribution in [2.24, 2.45) is 5.92 Å². The molecule has 4 atom stereocenters. The predicted octanol–water partition coefficient (Wildman–Crippen LogP) is 3.02. The van der Waals surface area contributed by atoms with Crippen molar-refractivity contribution in [1.29, 1.82) is 0 Å². The fourth-order valence-electron chi connectivity index (χ4n) is 4.43. The molecule has 31 heavy (non-hydrogen) atoms. The highest BCUT2D eigenvalue weighted by atomic mass is 35.5. The maximum atomic E-state index is 13.1. The first kappa shape index (κ1) is 22.2. The number of nitrogens with zero attached hydrogens (tertiary/aromatic N) is 1. The Labute approximate surface area is 187 Å². The van der Waals surface area contributed by atoms with Gasteiger partial charge in [-0.25, -0.2) is 0 Å². The van der Waals surface area contributed by atoms with E-state index in [1.165, 1.54) is 4.31 Å². The van der Waals surface area contributed by atoms with Crippen LogP contribution in [-0.4, -0.2) is 48.5 Å². The fourth-order valence-corrected chi connectivity index (χ4v) is 6.22. The number of hydrogen-bond donors (Lipinski definition) is 2. The third-order valence-corrected chi connectivity index (χ3v) is 8.12. The molecule has 0 bridgehead atoms. The normalized spacial score (nSPS) is 28.5. The molecule has 2 aromatic carbocycles. The van der Waals surface area contributed by atoms with Crippen LogP contribution < -0.4 is 4.72 Å². The lowest BCUT2D eigenvalue weighted by molar-refractivity contribution is -0.140. The van der Waals surface area contributed by atoms with Crippen molar-refractivity contribution in [2.45, 2.75) is 37.5 Å². The van der Waals surface area contributed by atoms with Crippen molar-refractivity contribution in [3.8, 4) is 0 Å². The van der Waals surface area contributed by atoms with E-state index in [4.69, 9.17) is 16.3 Å². The molecule has 0 aromatic heterocycles. The SMILES string of the molecule is CC1[C@H](c2ccccc2)[C@]1(NS(=O)(=O)N1CCC(OCc2ccc(Cl)cc2)C1)C(=O)O. The van der Waals surface area contributed by atoms with Gasteiger partial charge in [0.05, 0.1) is 12.7 Å². The minimum Gasteiger partial charge on any atom is -0.480 e. The van der Waals surface area contributed by atoms with Crippen LogP contribution in [0.4, 0.5) is 0 Å². The number of carboxylic acid groups (broad SMARTS) is 1. The van der Waals surface area contributed by atoms with Crippen LogP contribution >= 0.6 is 11.6 Å². The van der Waals surface area contributed by atoms with Gasteiger partial charge in [-0.1, -0.05) is 61.0 Å². The van der Waals surface area contributed by atoms with Crippen molar-refractivity contribution < 1.29 is 23.1 Å². The van der Waals surface area contributed by atoms with Crippen LogP contribution in [0.5, 0.6) is 0 Å². The number of aliphatic carboxylic acids is 1. The number of ether oxygens (including phenoxy) is 1. The van der Waals surface area contributed by atoms with Gasteiger partial charge in [-0.15, -0.1) is 0 Å². The Morgan fingerprint density at radius 1 is 1.23 bits per heavy atom. The molecule has 1 saturated carbocycles. The molecule has 9 heteroatoms. The van der Waals surface area contributed by atoms with E-state index in [1.54, 1.807) is 19.1 Å². The molecular formula is C22H25ClN2O5S. The summed E-state index contributed by atoms with van der Waals surface area (Å²) in [5, 5.41) is 10.6. The minimum absolute atomic E-state index is 0.184. The topological polar surface area (TPSA) is 95.9 Å². The molecule has 4 rings (SSSR count). The molecule has 7 nitrogen and oxygen atoms in total. The number of carbonyl (C=O) groups is 1. The van der Waals surface area contributed by atoms with Crippen molar-refractivity contribution >= 4 is 27.8 Å². The fraction of sp³-hybridized carbons (Fsp3) is 0.409. The zero-order valence-electron chi connectivity index (χ0n) is 17.1. The molecule has 1 aliphatic carbocycles. The first-order chi connectivity index (χ1) is 14.7. The molecule has 1 aliphatic heterocycles. The largest absolute Gasteiger partial charge is 0.480 e. The van der Waals surface area contributed by atoms with E-state index >= 15 is 0 Å². The van der Waals surface area contributed by atoms with Crippen molar-refractivity contribution in [3.05, 3.63) is 70.7 Å². The number of benzene rings is 2. The van der Waals surface area contributed by atoms with Gasteiger partial charge in [0.1, 0.15) is 5.54 Å². The second kappa shape index (κ2) is 8.52. The van der Waals surface area contributed by atoms with Gasteiger partial charge < -0.3 is 9.84 Å². The lowest BCUT2D eigenvalue weighted by atomic mass is 10.1. The summed E-state index contributed by atoms with van der Waals surface area (Å²) in [5.74, 6) is -1.94. The van der Waals surface area contributed by atoms with Gasteiger partial charge in [-0.05, 0) is 35.6 Å². The summed E-state index contributed by atoms with van der Waals surface area (Å²) in [5.41, 5.74) is 0.222. The number of carboxylic acids is 1. The highest BCUT2D eigenvalue weighted by Crippen LogP contribution is 2.58. The van der Waals surface area contributed by atoms with Crippen molar-refractivity contribution in [2.75, 3.05) is 13.1 Å². The molecule has 1 heterocycles. The quantitative estimate of drug-likeness (QED) is 0.626. The smallest absolute Gasteiger partial charge is 0.325 e. The molecule has 0 amide bonds. The standard InChI is InChI=1S/C22H25ClN2O5S/c1-15-20(17-5-3-2-4-6-17)22(15,21(26)27)24-31(28,29)25-12-11-19(13-25)30-14-16-7-9-18(23)10-8-16/h2-10,15,19-20,24H,11-14H2,1H3,(H,26,27)/t15?,19?,20-,22+/m1/s1. The van der Waals surface area contributed by atoms with Gasteiger partial charge in [-0.3, -0.25) is 4.79 Å². The molecule has 2 unspecified atom stereocenters. The Balaban J connectivity index is 1.41. The maximum Gasteiger partial charge on any atom is 0.325 e. The highest BCUT2D eigenvalue weighted by molar-refractivity contribution is 7.87. The summed E-state index contributed by atoms with van der Waals surface area (Å²) in [6, 6.07) is 16.4. The van der Waals surface area contributed by atoms with Crippen LogP contribution in [0.25, 0.3) is 0 Å². The highest BCUT2D eigenvalue weighted by Gasteiger charge is 2.70. The molecule has 2 aliphatic rings. The third kappa shape index (κ3) is 4.36. The molecular weight excluding hydrogens is 440 g/mol. The maximum absolute atomic E-state index is 13.1. The Morgan fingerprint density at radius 3 is 2.55 bits per heavy atom. The summed E-state index contributed by atoms with van der Waals surface area (Å²) in [4.78, 5) is 12.1. The van der Waals surface area contributed by atoms with Crippen molar-refractivity contribution in [1.82, 2.24) is 9.03 Å². The van der Waals surface area contributed by atoms with Gasteiger partial charge in [0.2, 0.25) is 0 Å². The molecule has 0 spiro atoms. The van der Waals surface area contributed by atoms with E-state index in [2.05, 4.69) is 4.72 Å². The third-order valence-electron chi connectivity index (χ3n) is 6.26. The molecule has 2 N–H and O–H groups in total. The molecule has 2 fully saturated rings. The zero-order valence-corrected chi connectivity index (χ0v) is 18.6. The van der Waals surface area contributed by atoms with E-state index in [0.29, 0.717) is 18.1 Å². The van der Waals surface area contributed by atoms with Gasteiger partial charge in [-0.2, -0.15) is 17.4 Å². The lowest BCUT2D eigenvalue weighted by Crippen LogP contribution is -2.51. The van der Waals surface area contributed by atoms with Crippen LogP contribution in [0.2, 0.25) is 5.02 Å². The van der Waals surface area contributed by atoms with Gasteiger partial charge >= 0.3 is 5.97 Å². The zero-order chi connectivity index (χ0) is 22.2. The summed E-state index contributed by atoms with van der Waals surface area (Å²) in [6.45, 7) is 2.58. The van der Waals surface area contributed by atoms with Crippen LogP contribution in [0.1, 0.15) is 30.4 Å². The van der Waals surface area contributed by atoms with Crippen LogP contribution in [0.15, 0.2) is 54.6 Å². The van der Waals surface area contributed by atoms with Gasteiger partial charge in [0.15, 0.2) is 0 Å². The molecule has 1 saturated heterocycles. The molecule has 2 aromatic rings. The Kier molecular flexibility index (Phi) is 6.11. The van der Waals surface area contributed by atoms with Gasteiger partial charge in [0.25, 0.3) is 10.2 Å². The number of rotatable bonds is 8. The van der Waals surface area contributed by atoms with E-state index < -0.39 is 27.6 Å². The summed E-state index contributed by atoms with van der Waals surface area (Å²) >= 11 is 5.88. The predicted molar refractivity (Wildman–Crippen MR) is 117 cm³/mol. The van der Waals surface area contributed by atoms with Crippen LogP contribution in [0.3, 0.4) is 0 Å². The van der Waals surface area contributed by atoms with Crippen LogP contribution in [-0.2, 0) is 26.3 Å². The first-order valence-corrected chi connectivity index (χ1v) is 12.0. The second-order valence-electron chi connectivity index (χ2n) is 8.16. The number of nitrogens with one attached hydrogen (secondary N) is 1. The van der Waals surface area contributed by atoms with Crippen LogP contribution in [0, 0.1) is 5.92 Å². The van der Waals surface area contributed by atoms with E-state index in [1.807, 2.05) is 42.5 Å². The lowest BCUT2D eigenvalue weighted by Gasteiger charge is -2.22. The average Bonchev–Trinajstić information content (AvgIpc) is 3.10. The van der Waals surface area contributed by atoms with E-state index in [0.717, 1.165) is 11.1 Å². The van der Waals surface area contributed by atoms with Gasteiger partial charge in [0, 0.05) is 24.0 Å². The monoisotopic (exact) mass is 464 g/mol. The minimum atomic E-state index is -3.99. The number of hydrogen-bond acceptors (Lipinski definition) is 4. The summed E-state index contributed by atoms with van der Waals surface area (Å²) < 4.78 is 35.8. The summed E-state index contributed by atoms with van der Waals surface area (Å²) in [6.07, 6.45) is 0.293. The number of halogens is 1. The average molecular weight is 465 g/mol. The molecule has 166 valence electrons. The molecule has 0 radical (unpaired) electrons. The Morgan fingerprint density at radius 2 is 1.90 bits per heavy atom. The summed E-state index contributed by atoms with van der Waals surface area (Å²) in [7, 11) is -3.99. The van der Waals surface area contributed by atoms with E-state index in [9.17, 15) is 18.3 Å². The Bertz CT molecular complexity index is 1050. The second-order valence-corrected chi connectivity index (χ2v) is 10.3. The Hall–Kier alpha value is -1.97. The van der Waals surface area contributed by atoms with Crippen molar-refractivity contribution in [3.63, 3.8) is 0 Å². The van der Waals surface area contributed by atoms with E-state index in [-0.39, 0.29) is 25.1 Å².